The first-order valence-electron chi connectivity index (χ1n) is 10.9. The van der Waals surface area contributed by atoms with Crippen molar-refractivity contribution < 1.29 is 4.74 Å². The number of rotatable bonds is 8. The van der Waals surface area contributed by atoms with Crippen molar-refractivity contribution in [3.05, 3.63) is 144 Å². The predicted molar refractivity (Wildman–Crippen MR) is 144 cm³/mol. The summed E-state index contributed by atoms with van der Waals surface area (Å²) in [6, 6.07) is 32.6. The fraction of sp³-hybridized carbons (Fsp3) is 0. The van der Waals surface area contributed by atoms with Gasteiger partial charge in [0.2, 0.25) is 0 Å². The molecule has 0 fully saturated rings. The molecule has 0 atom stereocenters. The molecule has 1 heteroatoms. The zero-order valence-corrected chi connectivity index (χ0v) is 18.5. The van der Waals surface area contributed by atoms with Crippen molar-refractivity contribution >= 4 is 36.5 Å². The molecule has 0 aromatic heterocycles. The Morgan fingerprint density at radius 3 is 1.21 bits per heavy atom. The van der Waals surface area contributed by atoms with Gasteiger partial charge in [-0.25, -0.2) is 0 Å². The Morgan fingerprint density at radius 1 is 0.424 bits per heavy atom. The van der Waals surface area contributed by atoms with Crippen molar-refractivity contribution in [3.63, 3.8) is 0 Å². The van der Waals surface area contributed by atoms with Gasteiger partial charge in [0, 0.05) is 22.3 Å². The van der Waals surface area contributed by atoms with Gasteiger partial charge in [0.1, 0.15) is 11.5 Å². The van der Waals surface area contributed by atoms with E-state index in [-0.39, 0.29) is 0 Å². The molecule has 0 aliphatic carbocycles. The number of para-hydroxylation sites is 2. The van der Waals surface area contributed by atoms with Crippen LogP contribution >= 0.6 is 0 Å². The van der Waals surface area contributed by atoms with Gasteiger partial charge in [-0.1, -0.05) is 147 Å². The first-order valence-corrected chi connectivity index (χ1v) is 10.9. The summed E-state index contributed by atoms with van der Waals surface area (Å²) < 4.78 is 6.62. The maximum Gasteiger partial charge on any atom is 0.141 e. The van der Waals surface area contributed by atoms with Crippen molar-refractivity contribution in [1.82, 2.24) is 0 Å². The van der Waals surface area contributed by atoms with Crippen LogP contribution in [0.4, 0.5) is 0 Å². The van der Waals surface area contributed by atoms with Crippen molar-refractivity contribution in [3.8, 4) is 11.5 Å². The molecular weight excluding hydrogens is 400 g/mol. The Kier molecular flexibility index (Phi) is 7.15. The van der Waals surface area contributed by atoms with E-state index in [4.69, 9.17) is 4.74 Å². The van der Waals surface area contributed by atoms with E-state index >= 15 is 0 Å². The SMILES string of the molecule is C=Cc1cccc(C=Cc2ccccc2)c1Oc1c(C=C)cccc1C=Cc1ccccc1. The molecule has 0 saturated carbocycles. The fourth-order valence-electron chi connectivity index (χ4n) is 3.57. The third-order valence-corrected chi connectivity index (χ3v) is 5.31. The van der Waals surface area contributed by atoms with E-state index in [0.717, 1.165) is 44.9 Å². The van der Waals surface area contributed by atoms with Gasteiger partial charge in [0.15, 0.2) is 0 Å². The minimum absolute atomic E-state index is 0.767. The van der Waals surface area contributed by atoms with E-state index in [1.165, 1.54) is 0 Å². The lowest BCUT2D eigenvalue weighted by Gasteiger charge is -2.16. The number of hydrogen-bond donors (Lipinski definition) is 0. The molecule has 0 aliphatic heterocycles. The lowest BCUT2D eigenvalue weighted by Crippen LogP contribution is -1.95. The maximum absolute atomic E-state index is 6.62. The lowest BCUT2D eigenvalue weighted by molar-refractivity contribution is 0.478. The van der Waals surface area contributed by atoms with E-state index in [9.17, 15) is 0 Å². The van der Waals surface area contributed by atoms with E-state index < -0.39 is 0 Å². The summed E-state index contributed by atoms with van der Waals surface area (Å²) in [6.07, 6.45) is 12.0. The molecule has 0 N–H and O–H groups in total. The molecule has 0 amide bonds. The van der Waals surface area contributed by atoms with Crippen LogP contribution in [0.2, 0.25) is 0 Å². The predicted octanol–water partition coefficient (Wildman–Crippen LogP) is 9.11. The quantitative estimate of drug-likeness (QED) is 0.255. The third kappa shape index (κ3) is 5.47. The molecule has 0 radical (unpaired) electrons. The van der Waals surface area contributed by atoms with Crippen LogP contribution in [0.5, 0.6) is 11.5 Å². The normalized spacial score (nSPS) is 11.0. The van der Waals surface area contributed by atoms with Gasteiger partial charge in [0.25, 0.3) is 0 Å². The van der Waals surface area contributed by atoms with Crippen LogP contribution in [0.3, 0.4) is 0 Å². The second-order valence-corrected chi connectivity index (χ2v) is 7.53. The highest BCUT2D eigenvalue weighted by molar-refractivity contribution is 5.79. The Hall–Kier alpha value is -4.36. The zero-order chi connectivity index (χ0) is 22.9. The molecule has 33 heavy (non-hydrogen) atoms. The maximum atomic E-state index is 6.62. The minimum Gasteiger partial charge on any atom is -0.455 e. The summed E-state index contributed by atoms with van der Waals surface area (Å²) in [7, 11) is 0. The summed E-state index contributed by atoms with van der Waals surface area (Å²) in [6.45, 7) is 7.99. The molecule has 4 aromatic rings. The molecule has 1 nitrogen and oxygen atoms in total. The Labute approximate surface area is 196 Å². The van der Waals surface area contributed by atoms with Crippen LogP contribution in [0.15, 0.2) is 110 Å². The summed E-state index contributed by atoms with van der Waals surface area (Å²) in [5.74, 6) is 1.53. The van der Waals surface area contributed by atoms with E-state index in [2.05, 4.69) is 73.9 Å². The summed E-state index contributed by atoms with van der Waals surface area (Å²) in [5, 5.41) is 0. The van der Waals surface area contributed by atoms with Crippen LogP contribution in [-0.4, -0.2) is 0 Å². The van der Waals surface area contributed by atoms with Crippen molar-refractivity contribution in [1.29, 1.82) is 0 Å². The van der Waals surface area contributed by atoms with Gasteiger partial charge in [-0.2, -0.15) is 0 Å². The average Bonchev–Trinajstić information content (AvgIpc) is 2.88. The van der Waals surface area contributed by atoms with Crippen LogP contribution in [-0.2, 0) is 0 Å². The lowest BCUT2D eigenvalue weighted by atomic mass is 10.0. The Balaban J connectivity index is 1.76. The molecule has 0 bridgehead atoms. The second-order valence-electron chi connectivity index (χ2n) is 7.53. The van der Waals surface area contributed by atoms with Crippen molar-refractivity contribution in [2.24, 2.45) is 0 Å². The van der Waals surface area contributed by atoms with Crippen LogP contribution < -0.4 is 4.74 Å². The largest absolute Gasteiger partial charge is 0.455 e. The second kappa shape index (κ2) is 10.8. The van der Waals surface area contributed by atoms with E-state index in [0.29, 0.717) is 0 Å². The third-order valence-electron chi connectivity index (χ3n) is 5.31. The van der Waals surface area contributed by atoms with Gasteiger partial charge in [-0.15, -0.1) is 0 Å². The van der Waals surface area contributed by atoms with Gasteiger partial charge in [0.05, 0.1) is 0 Å². The van der Waals surface area contributed by atoms with Gasteiger partial charge in [-0.3, -0.25) is 0 Å². The van der Waals surface area contributed by atoms with Crippen LogP contribution in [0, 0.1) is 0 Å². The van der Waals surface area contributed by atoms with Crippen molar-refractivity contribution in [2.45, 2.75) is 0 Å². The first kappa shape index (κ1) is 21.9. The summed E-state index contributed by atoms with van der Waals surface area (Å²) >= 11 is 0. The summed E-state index contributed by atoms with van der Waals surface area (Å²) in [5.41, 5.74) is 6.08. The summed E-state index contributed by atoms with van der Waals surface area (Å²) in [4.78, 5) is 0. The molecular formula is C32H26O. The fourth-order valence-corrected chi connectivity index (χ4v) is 3.57. The molecule has 160 valence electrons. The van der Waals surface area contributed by atoms with Gasteiger partial charge < -0.3 is 4.74 Å². The average molecular weight is 427 g/mol. The number of ether oxygens (including phenoxy) is 1. The van der Waals surface area contributed by atoms with E-state index in [1.807, 2.05) is 72.8 Å². The van der Waals surface area contributed by atoms with Crippen LogP contribution in [0.25, 0.3) is 36.5 Å². The topological polar surface area (TPSA) is 9.23 Å². The first-order chi connectivity index (χ1) is 16.3. The van der Waals surface area contributed by atoms with Gasteiger partial charge in [-0.05, 0) is 11.1 Å². The molecule has 0 saturated heterocycles. The monoisotopic (exact) mass is 426 g/mol. The smallest absolute Gasteiger partial charge is 0.141 e. The highest BCUT2D eigenvalue weighted by Gasteiger charge is 2.12. The number of benzene rings is 4. The molecule has 4 rings (SSSR count). The minimum atomic E-state index is 0.767. The van der Waals surface area contributed by atoms with Crippen molar-refractivity contribution in [2.75, 3.05) is 0 Å². The molecule has 4 aromatic carbocycles. The van der Waals surface area contributed by atoms with Gasteiger partial charge >= 0.3 is 0 Å². The number of hydrogen-bond acceptors (Lipinski definition) is 1. The van der Waals surface area contributed by atoms with E-state index in [1.54, 1.807) is 0 Å². The Bertz CT molecular complexity index is 1190. The highest BCUT2D eigenvalue weighted by Crippen LogP contribution is 2.36. The van der Waals surface area contributed by atoms with Crippen LogP contribution in [0.1, 0.15) is 33.4 Å². The molecule has 0 heterocycles. The zero-order valence-electron chi connectivity index (χ0n) is 18.5. The Morgan fingerprint density at radius 2 is 0.818 bits per heavy atom. The molecule has 0 aliphatic rings. The highest BCUT2D eigenvalue weighted by atomic mass is 16.5. The molecule has 0 unspecified atom stereocenters. The standard InChI is InChI=1S/C32H26O/c1-3-27-17-11-19-29(23-21-25-13-7-5-8-14-25)31(27)33-32-28(4-2)18-12-20-30(32)24-22-26-15-9-6-10-16-26/h3-24H,1-2H2. The molecule has 0 spiro atoms.